The van der Waals surface area contributed by atoms with Crippen molar-refractivity contribution in [1.29, 1.82) is 0 Å². The maximum atomic E-state index is 12.6. The number of carbonyl (C=O) groups excluding carboxylic acids is 1. The minimum absolute atomic E-state index is 0.141. The second-order valence-corrected chi connectivity index (χ2v) is 7.43. The van der Waals surface area contributed by atoms with Crippen LogP contribution in [-0.4, -0.2) is 34.9 Å². The first-order valence-electron chi connectivity index (χ1n) is 8.59. The van der Waals surface area contributed by atoms with Crippen LogP contribution in [0.2, 0.25) is 0 Å². The van der Waals surface area contributed by atoms with Crippen molar-refractivity contribution in [3.8, 4) is 11.5 Å². The second kappa shape index (κ2) is 8.35. The Kier molecular flexibility index (Phi) is 5.89. The summed E-state index contributed by atoms with van der Waals surface area (Å²) < 4.78 is 11.9. The van der Waals surface area contributed by atoms with Crippen molar-refractivity contribution >= 4 is 34.3 Å². The molecule has 1 amide bonds. The Balaban J connectivity index is 1.81. The molecule has 0 fully saturated rings. The third-order valence-electron chi connectivity index (χ3n) is 4.21. The maximum absolute atomic E-state index is 12.6. The van der Waals surface area contributed by atoms with Crippen LogP contribution < -0.4 is 20.3 Å². The predicted octanol–water partition coefficient (Wildman–Crippen LogP) is 3.07. The number of benzene rings is 2. The number of rotatable bonds is 6. The first kappa shape index (κ1) is 19.8. The van der Waals surface area contributed by atoms with Crippen molar-refractivity contribution in [3.63, 3.8) is 0 Å². The summed E-state index contributed by atoms with van der Waals surface area (Å²) in [5, 5.41) is 3.40. The third kappa shape index (κ3) is 4.12. The van der Waals surface area contributed by atoms with E-state index in [0.717, 1.165) is 0 Å². The molecule has 2 aromatic carbocycles. The van der Waals surface area contributed by atoms with E-state index in [0.29, 0.717) is 33.2 Å². The molecule has 0 saturated carbocycles. The molecule has 8 heteroatoms. The zero-order valence-corrected chi connectivity index (χ0v) is 16.9. The summed E-state index contributed by atoms with van der Waals surface area (Å²) in [5.74, 6) is 0.935. The van der Waals surface area contributed by atoms with Crippen molar-refractivity contribution in [2.24, 2.45) is 7.05 Å². The number of anilines is 1. The highest BCUT2D eigenvalue weighted by Gasteiger charge is 2.19. The summed E-state index contributed by atoms with van der Waals surface area (Å²) in [6.45, 7) is 1.76. The van der Waals surface area contributed by atoms with Crippen molar-refractivity contribution in [3.05, 3.63) is 52.8 Å². The average molecular weight is 399 g/mol. The van der Waals surface area contributed by atoms with Gasteiger partial charge in [-0.15, -0.1) is 0 Å². The Hall–Kier alpha value is -3.00. The number of hydrogen-bond donors (Lipinski definition) is 1. The number of fused-ring (bicyclic) bond motifs is 1. The van der Waals surface area contributed by atoms with Gasteiger partial charge < -0.3 is 14.8 Å². The van der Waals surface area contributed by atoms with Crippen LogP contribution in [0.4, 0.5) is 5.69 Å². The summed E-state index contributed by atoms with van der Waals surface area (Å²) in [6.07, 6.45) is 0. The van der Waals surface area contributed by atoms with Gasteiger partial charge in [0.2, 0.25) is 5.91 Å². The minimum Gasteiger partial charge on any atom is -0.497 e. The van der Waals surface area contributed by atoms with E-state index >= 15 is 0 Å². The van der Waals surface area contributed by atoms with Crippen molar-refractivity contribution in [2.75, 3.05) is 19.5 Å². The number of para-hydroxylation sites is 1. The number of carbonyl (C=O) groups is 1. The zero-order chi connectivity index (χ0) is 20.3. The van der Waals surface area contributed by atoms with Crippen LogP contribution in [0.3, 0.4) is 0 Å². The topological polar surface area (TPSA) is 82.5 Å². The van der Waals surface area contributed by atoms with Crippen LogP contribution in [0.25, 0.3) is 10.9 Å². The van der Waals surface area contributed by atoms with E-state index in [2.05, 4.69) is 10.3 Å². The van der Waals surface area contributed by atoms with Gasteiger partial charge in [-0.05, 0) is 19.1 Å². The van der Waals surface area contributed by atoms with Crippen molar-refractivity contribution in [2.45, 2.75) is 17.3 Å². The second-order valence-electron chi connectivity index (χ2n) is 6.13. The number of hydrogen-bond acceptors (Lipinski definition) is 6. The van der Waals surface area contributed by atoms with Crippen LogP contribution >= 0.6 is 11.8 Å². The average Bonchev–Trinajstić information content (AvgIpc) is 2.71. The monoisotopic (exact) mass is 399 g/mol. The first-order chi connectivity index (χ1) is 13.4. The van der Waals surface area contributed by atoms with E-state index < -0.39 is 5.25 Å². The normalized spacial score (nSPS) is 11.9. The SMILES string of the molecule is COc1cc(NC(=O)C(C)Sc2nc3ccccc3c(=O)n2C)cc(OC)c1. The largest absolute Gasteiger partial charge is 0.497 e. The molecule has 1 aromatic heterocycles. The Bertz CT molecular complexity index is 1060. The van der Waals surface area contributed by atoms with Gasteiger partial charge in [0.05, 0.1) is 30.4 Å². The molecule has 0 aliphatic heterocycles. The molecular weight excluding hydrogens is 378 g/mol. The fourth-order valence-electron chi connectivity index (χ4n) is 2.64. The number of ether oxygens (including phenoxy) is 2. The minimum atomic E-state index is -0.476. The fourth-order valence-corrected chi connectivity index (χ4v) is 3.51. The quantitative estimate of drug-likeness (QED) is 0.507. The van der Waals surface area contributed by atoms with Gasteiger partial charge in [0.1, 0.15) is 11.5 Å². The molecule has 0 spiro atoms. The summed E-state index contributed by atoms with van der Waals surface area (Å²) in [4.78, 5) is 29.7. The van der Waals surface area contributed by atoms with Crippen LogP contribution in [0.15, 0.2) is 52.4 Å². The number of nitrogens with zero attached hydrogens (tertiary/aromatic N) is 2. The highest BCUT2D eigenvalue weighted by atomic mass is 32.2. The van der Waals surface area contributed by atoms with E-state index in [1.54, 1.807) is 64.6 Å². The number of aromatic nitrogens is 2. The molecule has 1 unspecified atom stereocenters. The molecule has 1 N–H and O–H groups in total. The lowest BCUT2D eigenvalue weighted by molar-refractivity contribution is -0.115. The number of amides is 1. The Morgan fingerprint density at radius 2 is 1.79 bits per heavy atom. The molecule has 0 radical (unpaired) electrons. The van der Waals surface area contributed by atoms with Crippen LogP contribution in [0.5, 0.6) is 11.5 Å². The molecule has 0 bridgehead atoms. The molecule has 28 heavy (non-hydrogen) atoms. The van der Waals surface area contributed by atoms with Gasteiger partial charge in [0.25, 0.3) is 5.56 Å². The van der Waals surface area contributed by atoms with Gasteiger partial charge in [-0.3, -0.25) is 14.2 Å². The Morgan fingerprint density at radius 1 is 1.14 bits per heavy atom. The molecular formula is C20H21N3O4S. The summed E-state index contributed by atoms with van der Waals surface area (Å²) in [5.41, 5.74) is 1.03. The predicted molar refractivity (Wildman–Crippen MR) is 110 cm³/mol. The van der Waals surface area contributed by atoms with E-state index in [1.165, 1.54) is 16.3 Å². The molecule has 3 rings (SSSR count). The fraction of sp³-hybridized carbons (Fsp3) is 0.250. The molecule has 1 atom stereocenters. The molecule has 3 aromatic rings. The number of methoxy groups -OCH3 is 2. The van der Waals surface area contributed by atoms with Gasteiger partial charge in [-0.1, -0.05) is 23.9 Å². The molecule has 0 aliphatic rings. The highest BCUT2D eigenvalue weighted by molar-refractivity contribution is 8.00. The maximum Gasteiger partial charge on any atom is 0.261 e. The van der Waals surface area contributed by atoms with Gasteiger partial charge in [0.15, 0.2) is 5.16 Å². The van der Waals surface area contributed by atoms with E-state index in [-0.39, 0.29) is 11.5 Å². The Morgan fingerprint density at radius 3 is 2.43 bits per heavy atom. The third-order valence-corrected chi connectivity index (χ3v) is 5.36. The smallest absolute Gasteiger partial charge is 0.261 e. The summed E-state index contributed by atoms with van der Waals surface area (Å²) >= 11 is 1.22. The molecule has 146 valence electrons. The van der Waals surface area contributed by atoms with Crippen molar-refractivity contribution in [1.82, 2.24) is 9.55 Å². The number of thioether (sulfide) groups is 1. The zero-order valence-electron chi connectivity index (χ0n) is 16.1. The lowest BCUT2D eigenvalue weighted by Gasteiger charge is -2.15. The molecule has 0 aliphatic carbocycles. The van der Waals surface area contributed by atoms with E-state index in [9.17, 15) is 9.59 Å². The van der Waals surface area contributed by atoms with Crippen LogP contribution in [-0.2, 0) is 11.8 Å². The van der Waals surface area contributed by atoms with Crippen LogP contribution in [0.1, 0.15) is 6.92 Å². The summed E-state index contributed by atoms with van der Waals surface area (Å²) in [7, 11) is 4.75. The van der Waals surface area contributed by atoms with Crippen molar-refractivity contribution < 1.29 is 14.3 Å². The van der Waals surface area contributed by atoms with Gasteiger partial charge in [-0.25, -0.2) is 4.98 Å². The van der Waals surface area contributed by atoms with Gasteiger partial charge >= 0.3 is 0 Å². The molecule has 1 heterocycles. The highest BCUT2D eigenvalue weighted by Crippen LogP contribution is 2.27. The lowest BCUT2D eigenvalue weighted by atomic mass is 10.2. The first-order valence-corrected chi connectivity index (χ1v) is 9.47. The lowest BCUT2D eigenvalue weighted by Crippen LogP contribution is -2.25. The van der Waals surface area contributed by atoms with E-state index in [4.69, 9.17) is 9.47 Å². The van der Waals surface area contributed by atoms with Crippen LogP contribution in [0, 0.1) is 0 Å². The summed E-state index contributed by atoms with van der Waals surface area (Å²) in [6, 6.07) is 12.3. The molecule has 7 nitrogen and oxygen atoms in total. The molecule has 0 saturated heterocycles. The number of nitrogens with one attached hydrogen (secondary N) is 1. The van der Waals surface area contributed by atoms with E-state index in [1.807, 2.05) is 6.07 Å². The van der Waals surface area contributed by atoms with Gasteiger partial charge in [-0.2, -0.15) is 0 Å². The standard InChI is InChI=1S/C20H21N3O4S/c1-12(18(24)21-13-9-14(26-3)11-15(10-13)27-4)28-20-22-17-8-6-5-7-16(17)19(25)23(20)2/h5-12H,1-4H3,(H,21,24). The van der Waals surface area contributed by atoms with Gasteiger partial charge in [0, 0.05) is 30.9 Å². The Labute approximate surface area is 166 Å².